The Bertz CT molecular complexity index is 422. The van der Waals surface area contributed by atoms with Gasteiger partial charge in [-0.05, 0) is 29.8 Å². The monoisotopic (exact) mass is 216 g/mol. The van der Waals surface area contributed by atoms with Gasteiger partial charge in [0.2, 0.25) is 0 Å². The molecule has 0 heterocycles. The summed E-state index contributed by atoms with van der Waals surface area (Å²) in [4.78, 5) is 0. The van der Waals surface area contributed by atoms with E-state index in [1.165, 1.54) is 12.1 Å². The van der Waals surface area contributed by atoms with Crippen LogP contribution in [-0.2, 0) is 6.42 Å². The molecular weight excluding hydrogens is 203 g/mol. The number of benzene rings is 2. The molecule has 0 fully saturated rings. The van der Waals surface area contributed by atoms with Gasteiger partial charge in [-0.15, -0.1) is 0 Å². The molecule has 0 saturated carbocycles. The lowest BCUT2D eigenvalue weighted by Gasteiger charge is -2.05. The fraction of sp³-hybridized carbons (Fsp3) is 0.143. The van der Waals surface area contributed by atoms with Gasteiger partial charge in [-0.1, -0.05) is 30.3 Å². The Kier molecular flexibility index (Phi) is 3.54. The topological polar surface area (TPSA) is 9.23 Å². The quantitative estimate of drug-likeness (QED) is 0.760. The highest BCUT2D eigenvalue weighted by molar-refractivity contribution is 5.21. The third-order valence-corrected chi connectivity index (χ3v) is 2.32. The summed E-state index contributed by atoms with van der Waals surface area (Å²) in [5.41, 5.74) is 1.08. The predicted octanol–water partition coefficient (Wildman–Crippen LogP) is 3.45. The maximum atomic E-state index is 12.6. The minimum absolute atomic E-state index is 0.201. The first kappa shape index (κ1) is 10.7. The van der Waals surface area contributed by atoms with E-state index < -0.39 is 0 Å². The van der Waals surface area contributed by atoms with E-state index in [1.807, 2.05) is 30.3 Å². The summed E-state index contributed by atoms with van der Waals surface area (Å²) >= 11 is 0. The molecule has 0 spiro atoms. The van der Waals surface area contributed by atoms with Crippen LogP contribution in [0.1, 0.15) is 5.56 Å². The van der Waals surface area contributed by atoms with Crippen molar-refractivity contribution in [2.75, 3.05) is 6.61 Å². The van der Waals surface area contributed by atoms with Gasteiger partial charge in [-0.3, -0.25) is 0 Å². The molecule has 0 aromatic heterocycles. The zero-order chi connectivity index (χ0) is 11.2. The number of rotatable bonds is 4. The van der Waals surface area contributed by atoms with Crippen LogP contribution in [-0.4, -0.2) is 6.61 Å². The van der Waals surface area contributed by atoms with Gasteiger partial charge in [0.25, 0.3) is 0 Å². The van der Waals surface area contributed by atoms with Crippen LogP contribution >= 0.6 is 0 Å². The lowest BCUT2D eigenvalue weighted by molar-refractivity contribution is 0.322. The molecule has 0 bridgehead atoms. The standard InChI is InChI=1S/C14H13FO/c15-13-8-6-12(7-9-13)10-11-16-14-4-2-1-3-5-14/h1-9H,10-11H2. The molecule has 0 aliphatic rings. The average Bonchev–Trinajstić information content (AvgIpc) is 2.33. The molecule has 0 aliphatic heterocycles. The zero-order valence-corrected chi connectivity index (χ0v) is 8.90. The summed E-state index contributed by atoms with van der Waals surface area (Å²) in [5, 5.41) is 0. The molecule has 82 valence electrons. The van der Waals surface area contributed by atoms with E-state index in [-0.39, 0.29) is 5.82 Å². The van der Waals surface area contributed by atoms with Crippen molar-refractivity contribution in [1.82, 2.24) is 0 Å². The second kappa shape index (κ2) is 5.31. The molecule has 0 unspecified atom stereocenters. The van der Waals surface area contributed by atoms with E-state index in [4.69, 9.17) is 4.74 Å². The van der Waals surface area contributed by atoms with Crippen molar-refractivity contribution in [3.63, 3.8) is 0 Å². The van der Waals surface area contributed by atoms with Crippen molar-refractivity contribution >= 4 is 0 Å². The average molecular weight is 216 g/mol. The van der Waals surface area contributed by atoms with Crippen molar-refractivity contribution in [3.8, 4) is 5.75 Å². The number of hydrogen-bond donors (Lipinski definition) is 0. The van der Waals surface area contributed by atoms with Crippen LogP contribution < -0.4 is 4.74 Å². The molecule has 0 amide bonds. The Morgan fingerprint density at radius 1 is 0.875 bits per heavy atom. The molecule has 0 atom stereocenters. The number of halogens is 1. The summed E-state index contributed by atoms with van der Waals surface area (Å²) in [6.07, 6.45) is 0.787. The second-order valence-corrected chi connectivity index (χ2v) is 3.54. The minimum Gasteiger partial charge on any atom is -0.493 e. The summed E-state index contributed by atoms with van der Waals surface area (Å²) in [5.74, 6) is 0.664. The number of ether oxygens (including phenoxy) is 1. The lowest BCUT2D eigenvalue weighted by atomic mass is 10.2. The predicted molar refractivity (Wildman–Crippen MR) is 62.0 cm³/mol. The molecule has 0 radical (unpaired) electrons. The van der Waals surface area contributed by atoms with Gasteiger partial charge in [0.15, 0.2) is 0 Å². The Labute approximate surface area is 94.5 Å². The molecular formula is C14H13FO. The normalized spacial score (nSPS) is 10.1. The molecule has 0 saturated heterocycles. The minimum atomic E-state index is -0.201. The van der Waals surface area contributed by atoms with E-state index in [0.29, 0.717) is 6.61 Å². The summed E-state index contributed by atoms with van der Waals surface area (Å²) in [7, 11) is 0. The molecule has 2 aromatic rings. The van der Waals surface area contributed by atoms with Crippen LogP contribution in [0.25, 0.3) is 0 Å². The van der Waals surface area contributed by atoms with Crippen molar-refractivity contribution in [1.29, 1.82) is 0 Å². The summed E-state index contributed by atoms with van der Waals surface area (Å²) in [6.45, 7) is 0.607. The van der Waals surface area contributed by atoms with E-state index >= 15 is 0 Å². The fourth-order valence-electron chi connectivity index (χ4n) is 1.45. The third kappa shape index (κ3) is 3.09. The van der Waals surface area contributed by atoms with Crippen LogP contribution in [0, 0.1) is 5.82 Å². The van der Waals surface area contributed by atoms with E-state index in [1.54, 1.807) is 12.1 Å². The van der Waals surface area contributed by atoms with Crippen molar-refractivity contribution < 1.29 is 9.13 Å². The summed E-state index contributed by atoms with van der Waals surface area (Å²) < 4.78 is 18.2. The van der Waals surface area contributed by atoms with Gasteiger partial charge in [-0.2, -0.15) is 0 Å². The molecule has 0 N–H and O–H groups in total. The van der Waals surface area contributed by atoms with Crippen LogP contribution in [0.5, 0.6) is 5.75 Å². The Balaban J connectivity index is 1.82. The Morgan fingerprint density at radius 2 is 1.56 bits per heavy atom. The first-order valence-corrected chi connectivity index (χ1v) is 5.27. The van der Waals surface area contributed by atoms with E-state index in [2.05, 4.69) is 0 Å². The van der Waals surface area contributed by atoms with Gasteiger partial charge in [0.05, 0.1) is 6.61 Å². The zero-order valence-electron chi connectivity index (χ0n) is 8.90. The highest BCUT2D eigenvalue weighted by Gasteiger charge is 1.95. The largest absolute Gasteiger partial charge is 0.493 e. The van der Waals surface area contributed by atoms with Crippen molar-refractivity contribution in [3.05, 3.63) is 66.0 Å². The molecule has 2 heteroatoms. The highest BCUT2D eigenvalue weighted by atomic mass is 19.1. The maximum absolute atomic E-state index is 12.6. The van der Waals surface area contributed by atoms with Crippen LogP contribution in [0.4, 0.5) is 4.39 Å². The van der Waals surface area contributed by atoms with Crippen molar-refractivity contribution in [2.24, 2.45) is 0 Å². The Morgan fingerprint density at radius 3 is 2.25 bits per heavy atom. The van der Waals surface area contributed by atoms with Crippen LogP contribution in [0.15, 0.2) is 54.6 Å². The lowest BCUT2D eigenvalue weighted by Crippen LogP contribution is -2.01. The smallest absolute Gasteiger partial charge is 0.123 e. The van der Waals surface area contributed by atoms with Gasteiger partial charge >= 0.3 is 0 Å². The first-order chi connectivity index (χ1) is 7.84. The van der Waals surface area contributed by atoms with Gasteiger partial charge < -0.3 is 4.74 Å². The first-order valence-electron chi connectivity index (χ1n) is 5.27. The molecule has 1 nitrogen and oxygen atoms in total. The highest BCUT2D eigenvalue weighted by Crippen LogP contribution is 2.09. The molecule has 2 aromatic carbocycles. The van der Waals surface area contributed by atoms with Crippen molar-refractivity contribution in [2.45, 2.75) is 6.42 Å². The fourth-order valence-corrected chi connectivity index (χ4v) is 1.45. The van der Waals surface area contributed by atoms with Gasteiger partial charge in [0, 0.05) is 6.42 Å². The number of hydrogen-bond acceptors (Lipinski definition) is 1. The third-order valence-electron chi connectivity index (χ3n) is 2.32. The molecule has 2 rings (SSSR count). The SMILES string of the molecule is Fc1ccc(CCOc2ccccc2)cc1. The van der Waals surface area contributed by atoms with Gasteiger partial charge in [-0.25, -0.2) is 4.39 Å². The maximum Gasteiger partial charge on any atom is 0.123 e. The van der Waals surface area contributed by atoms with E-state index in [9.17, 15) is 4.39 Å². The Hall–Kier alpha value is -1.83. The molecule has 16 heavy (non-hydrogen) atoms. The van der Waals surface area contributed by atoms with Crippen LogP contribution in [0.2, 0.25) is 0 Å². The van der Waals surface area contributed by atoms with Gasteiger partial charge in [0.1, 0.15) is 11.6 Å². The molecule has 0 aliphatic carbocycles. The summed E-state index contributed by atoms with van der Waals surface area (Å²) in [6, 6.07) is 16.2. The number of para-hydroxylation sites is 1. The van der Waals surface area contributed by atoms with E-state index in [0.717, 1.165) is 17.7 Å². The second-order valence-electron chi connectivity index (χ2n) is 3.54. The van der Waals surface area contributed by atoms with Crippen LogP contribution in [0.3, 0.4) is 0 Å².